The van der Waals surface area contributed by atoms with Crippen LogP contribution in [0.2, 0.25) is 0 Å². The Morgan fingerprint density at radius 3 is 2.90 bits per heavy atom. The van der Waals surface area contributed by atoms with Gasteiger partial charge in [-0.2, -0.15) is 5.10 Å². The summed E-state index contributed by atoms with van der Waals surface area (Å²) >= 11 is 0. The van der Waals surface area contributed by atoms with Gasteiger partial charge in [0.1, 0.15) is 5.69 Å². The predicted molar refractivity (Wildman–Crippen MR) is 74.7 cm³/mol. The number of aromatic nitrogens is 2. The van der Waals surface area contributed by atoms with E-state index in [-0.39, 0.29) is 30.4 Å². The summed E-state index contributed by atoms with van der Waals surface area (Å²) in [7, 11) is 1.56. The minimum absolute atomic E-state index is 0.0409. The van der Waals surface area contributed by atoms with Crippen LogP contribution in [0, 0.1) is 10.1 Å². The van der Waals surface area contributed by atoms with Crippen molar-refractivity contribution < 1.29 is 14.8 Å². The van der Waals surface area contributed by atoms with E-state index in [4.69, 9.17) is 5.11 Å². The first-order valence-electron chi connectivity index (χ1n) is 6.19. The Bertz CT molecular complexity index is 668. The number of nitro benzene ring substituents is 1. The second kappa shape index (κ2) is 6.14. The zero-order valence-corrected chi connectivity index (χ0v) is 11.3. The van der Waals surface area contributed by atoms with Crippen LogP contribution in [0.1, 0.15) is 10.5 Å². The summed E-state index contributed by atoms with van der Waals surface area (Å²) in [6.45, 7) is 0.0815. The molecule has 0 saturated heterocycles. The molecular formula is C13H14N4O4. The number of rotatable bonds is 5. The fourth-order valence-corrected chi connectivity index (χ4v) is 1.82. The minimum atomic E-state index is -0.489. The Balaban J connectivity index is 2.25. The van der Waals surface area contributed by atoms with Crippen LogP contribution in [-0.2, 0) is 0 Å². The summed E-state index contributed by atoms with van der Waals surface area (Å²) in [6, 6.07) is 7.53. The Morgan fingerprint density at radius 1 is 1.48 bits per heavy atom. The molecule has 1 amide bonds. The molecule has 2 rings (SSSR count). The molecule has 1 aromatic carbocycles. The summed E-state index contributed by atoms with van der Waals surface area (Å²) < 4.78 is 0. The molecule has 0 saturated carbocycles. The van der Waals surface area contributed by atoms with Gasteiger partial charge < -0.3 is 10.0 Å². The molecule has 0 bridgehead atoms. The molecule has 8 nitrogen and oxygen atoms in total. The van der Waals surface area contributed by atoms with Gasteiger partial charge in [-0.25, -0.2) is 0 Å². The number of hydrogen-bond acceptors (Lipinski definition) is 5. The third-order valence-corrected chi connectivity index (χ3v) is 2.94. The van der Waals surface area contributed by atoms with Gasteiger partial charge >= 0.3 is 0 Å². The highest BCUT2D eigenvalue weighted by atomic mass is 16.6. The van der Waals surface area contributed by atoms with Gasteiger partial charge in [-0.1, -0.05) is 12.1 Å². The van der Waals surface area contributed by atoms with Gasteiger partial charge in [-0.05, 0) is 6.07 Å². The summed E-state index contributed by atoms with van der Waals surface area (Å²) in [5.74, 6) is -0.312. The van der Waals surface area contributed by atoms with E-state index < -0.39 is 4.92 Å². The minimum Gasteiger partial charge on any atom is -0.395 e. The maximum absolute atomic E-state index is 12.0. The fraction of sp³-hybridized carbons (Fsp3) is 0.231. The molecule has 0 fully saturated rings. The third kappa shape index (κ3) is 3.23. The fourth-order valence-electron chi connectivity index (χ4n) is 1.82. The number of nitrogens with zero attached hydrogens (tertiary/aromatic N) is 3. The second-order valence-electron chi connectivity index (χ2n) is 4.42. The standard InChI is InChI=1S/C13H14N4O4/c1-16(5-6-18)13(19)12-8-11(14-15-12)9-3-2-4-10(7-9)17(20)21/h2-4,7-8,18H,5-6H2,1H3,(H,14,15). The lowest BCUT2D eigenvalue weighted by Gasteiger charge is -2.13. The average Bonchev–Trinajstić information content (AvgIpc) is 2.96. The Morgan fingerprint density at radius 2 is 2.24 bits per heavy atom. The third-order valence-electron chi connectivity index (χ3n) is 2.94. The zero-order chi connectivity index (χ0) is 15.4. The molecule has 0 aliphatic heterocycles. The van der Waals surface area contributed by atoms with Crippen LogP contribution < -0.4 is 0 Å². The summed E-state index contributed by atoms with van der Waals surface area (Å²) in [4.78, 5) is 23.6. The zero-order valence-electron chi connectivity index (χ0n) is 11.3. The molecule has 0 spiro atoms. The number of nitrogens with one attached hydrogen (secondary N) is 1. The highest BCUT2D eigenvalue weighted by Gasteiger charge is 2.16. The van der Waals surface area contributed by atoms with Crippen molar-refractivity contribution in [2.45, 2.75) is 0 Å². The monoisotopic (exact) mass is 290 g/mol. The highest BCUT2D eigenvalue weighted by molar-refractivity contribution is 5.93. The lowest BCUT2D eigenvalue weighted by Crippen LogP contribution is -2.29. The number of amides is 1. The van der Waals surface area contributed by atoms with E-state index in [0.717, 1.165) is 0 Å². The van der Waals surface area contributed by atoms with Gasteiger partial charge in [0.25, 0.3) is 11.6 Å². The number of aliphatic hydroxyl groups is 1. The number of aromatic amines is 1. The smallest absolute Gasteiger partial charge is 0.271 e. The van der Waals surface area contributed by atoms with E-state index in [0.29, 0.717) is 11.3 Å². The molecule has 0 radical (unpaired) electrons. The number of H-pyrrole nitrogens is 1. The van der Waals surface area contributed by atoms with Gasteiger partial charge in [0.05, 0.1) is 17.2 Å². The van der Waals surface area contributed by atoms with Crippen molar-refractivity contribution in [1.82, 2.24) is 15.1 Å². The van der Waals surface area contributed by atoms with Gasteiger partial charge in [-0.3, -0.25) is 20.0 Å². The van der Waals surface area contributed by atoms with E-state index in [1.807, 2.05) is 0 Å². The van der Waals surface area contributed by atoms with E-state index in [2.05, 4.69) is 10.2 Å². The molecule has 0 aliphatic rings. The number of benzene rings is 1. The van der Waals surface area contributed by atoms with Crippen LogP contribution in [0.4, 0.5) is 5.69 Å². The van der Waals surface area contributed by atoms with Crippen LogP contribution in [0.5, 0.6) is 0 Å². The number of nitro groups is 1. The van der Waals surface area contributed by atoms with Crippen molar-refractivity contribution in [3.05, 3.63) is 46.1 Å². The summed E-state index contributed by atoms with van der Waals surface area (Å²) in [6.07, 6.45) is 0. The second-order valence-corrected chi connectivity index (χ2v) is 4.42. The first-order chi connectivity index (χ1) is 10.0. The Labute approximate surface area is 120 Å². The lowest BCUT2D eigenvalue weighted by atomic mass is 10.1. The normalized spacial score (nSPS) is 10.4. The maximum Gasteiger partial charge on any atom is 0.271 e. The molecule has 110 valence electrons. The molecule has 2 N–H and O–H groups in total. The molecule has 1 aromatic heterocycles. The maximum atomic E-state index is 12.0. The van der Waals surface area contributed by atoms with Crippen molar-refractivity contribution in [3.8, 4) is 11.3 Å². The van der Waals surface area contributed by atoms with E-state index >= 15 is 0 Å². The lowest BCUT2D eigenvalue weighted by molar-refractivity contribution is -0.384. The number of carbonyl (C=O) groups is 1. The van der Waals surface area contributed by atoms with Gasteiger partial charge in [0.2, 0.25) is 0 Å². The van der Waals surface area contributed by atoms with E-state index in [9.17, 15) is 14.9 Å². The molecule has 1 heterocycles. The van der Waals surface area contributed by atoms with Crippen molar-refractivity contribution in [3.63, 3.8) is 0 Å². The Kier molecular flexibility index (Phi) is 4.29. The number of carbonyl (C=O) groups excluding carboxylic acids is 1. The number of hydrogen-bond donors (Lipinski definition) is 2. The van der Waals surface area contributed by atoms with Gasteiger partial charge in [0.15, 0.2) is 0 Å². The van der Waals surface area contributed by atoms with Crippen molar-refractivity contribution in [2.24, 2.45) is 0 Å². The molecule has 0 aliphatic carbocycles. The Hall–Kier alpha value is -2.74. The van der Waals surface area contributed by atoms with Gasteiger partial charge in [0, 0.05) is 31.3 Å². The van der Waals surface area contributed by atoms with Crippen molar-refractivity contribution >= 4 is 11.6 Å². The topological polar surface area (TPSA) is 112 Å². The van der Waals surface area contributed by atoms with Crippen molar-refractivity contribution in [1.29, 1.82) is 0 Å². The van der Waals surface area contributed by atoms with Gasteiger partial charge in [-0.15, -0.1) is 0 Å². The molecule has 0 unspecified atom stereocenters. The van der Waals surface area contributed by atoms with Crippen LogP contribution in [0.25, 0.3) is 11.3 Å². The molecule has 0 atom stereocenters. The molecule has 8 heteroatoms. The first kappa shape index (κ1) is 14.7. The van der Waals surface area contributed by atoms with Crippen LogP contribution >= 0.6 is 0 Å². The summed E-state index contributed by atoms with van der Waals surface area (Å²) in [5, 5.41) is 26.2. The van der Waals surface area contributed by atoms with Crippen LogP contribution in [-0.4, -0.2) is 51.2 Å². The quantitative estimate of drug-likeness (QED) is 0.631. The molecule has 2 aromatic rings. The van der Waals surface area contributed by atoms with Crippen LogP contribution in [0.3, 0.4) is 0 Å². The first-order valence-corrected chi connectivity index (χ1v) is 6.19. The predicted octanol–water partition coefficient (Wildman–Crippen LogP) is 1.05. The van der Waals surface area contributed by atoms with Crippen molar-refractivity contribution in [2.75, 3.05) is 20.2 Å². The van der Waals surface area contributed by atoms with E-state index in [1.54, 1.807) is 19.2 Å². The molecule has 21 heavy (non-hydrogen) atoms. The SMILES string of the molecule is CN(CCO)C(=O)c1cc(-c2cccc([N+](=O)[O-])c2)n[nH]1. The molecular weight excluding hydrogens is 276 g/mol. The highest BCUT2D eigenvalue weighted by Crippen LogP contribution is 2.22. The number of likely N-dealkylation sites (N-methyl/N-ethyl adjacent to an activating group) is 1. The largest absolute Gasteiger partial charge is 0.395 e. The average molecular weight is 290 g/mol. The van der Waals surface area contributed by atoms with E-state index in [1.165, 1.54) is 23.1 Å². The summed E-state index contributed by atoms with van der Waals surface area (Å²) in [5.41, 5.74) is 1.21. The number of non-ortho nitro benzene ring substituents is 1. The number of aliphatic hydroxyl groups excluding tert-OH is 1. The van der Waals surface area contributed by atoms with Crippen LogP contribution in [0.15, 0.2) is 30.3 Å².